The Kier molecular flexibility index (Phi) is 11.5. The summed E-state index contributed by atoms with van der Waals surface area (Å²) in [4.78, 5) is 68.8. The molecule has 10 heterocycles. The molecule has 4 aromatic carbocycles. The van der Waals surface area contributed by atoms with Crippen LogP contribution in [0.1, 0.15) is 140 Å². The number of nitrogens with zero attached hydrogens (tertiary/aromatic N) is 4. The van der Waals surface area contributed by atoms with Crippen LogP contribution in [0.4, 0.5) is 20.2 Å². The number of benzene rings is 4. The molecule has 422 valence electrons. The Balaban J connectivity index is 0.000000162. The van der Waals surface area contributed by atoms with E-state index < -0.39 is 75.7 Å². The fourth-order valence-corrected chi connectivity index (χ4v) is 12.1. The number of halogens is 2. The van der Waals surface area contributed by atoms with E-state index in [0.29, 0.717) is 46.0 Å². The van der Waals surface area contributed by atoms with Gasteiger partial charge in [-0.3, -0.25) is 19.2 Å². The topological polar surface area (TPSA) is 317 Å². The molecule has 8 aromatic rings. The summed E-state index contributed by atoms with van der Waals surface area (Å²) in [6.07, 6.45) is 1.54. The maximum absolute atomic E-state index is 14.9. The second kappa shape index (κ2) is 18.1. The average Bonchev–Trinajstić information content (AvgIpc) is 1.93. The minimum absolute atomic E-state index is 0. The van der Waals surface area contributed by atoms with Crippen molar-refractivity contribution in [2.24, 2.45) is 33.9 Å². The van der Waals surface area contributed by atoms with E-state index in [4.69, 9.17) is 54.3 Å². The second-order valence-electron chi connectivity index (χ2n) is 23.7. The number of ether oxygens (including phenoxy) is 2. The van der Waals surface area contributed by atoms with Gasteiger partial charge in [0.2, 0.25) is 35.4 Å². The van der Waals surface area contributed by atoms with Crippen LogP contribution in [0.25, 0.3) is 23.2 Å². The Labute approximate surface area is 467 Å². The third-order valence-electron chi connectivity index (χ3n) is 16.1. The van der Waals surface area contributed by atoms with Crippen LogP contribution in [0.5, 0.6) is 11.5 Å². The van der Waals surface area contributed by atoms with E-state index in [0.717, 1.165) is 29.2 Å². The molecule has 8 atom stereocenters. The number of oxazole rings is 4. The molecule has 8 bridgehead atoms. The molecule has 0 radical (unpaired) electrons. The zero-order valence-electron chi connectivity index (χ0n) is 45.3. The Bertz CT molecular complexity index is 3770. The van der Waals surface area contributed by atoms with Gasteiger partial charge in [-0.05, 0) is 83.3 Å². The molecule has 82 heavy (non-hydrogen) atoms. The van der Waals surface area contributed by atoms with Gasteiger partial charge >= 0.3 is 0 Å². The molecular weight excluding hydrogens is 1060 g/mol. The first kappa shape index (κ1) is 52.0. The van der Waals surface area contributed by atoms with Gasteiger partial charge in [0.25, 0.3) is 11.8 Å². The van der Waals surface area contributed by atoms with E-state index in [1.165, 1.54) is 24.3 Å². The van der Waals surface area contributed by atoms with Crippen molar-refractivity contribution in [2.75, 3.05) is 10.6 Å². The van der Waals surface area contributed by atoms with Crippen LogP contribution >= 0.6 is 0 Å². The Morgan fingerprint density at radius 1 is 0.598 bits per heavy atom. The Hall–Kier alpha value is -9.38. The predicted molar refractivity (Wildman–Crippen MR) is 290 cm³/mol. The van der Waals surface area contributed by atoms with E-state index >= 15 is 0 Å². The minimum atomic E-state index is -1.25. The monoisotopic (exact) mass is 1120 g/mol. The Morgan fingerprint density at radius 2 is 1.04 bits per heavy atom. The average molecular weight is 1120 g/mol. The highest BCUT2D eigenvalue weighted by atomic mass is 19.1. The number of nitrogens with one attached hydrogen (secondary N) is 4. The number of hydrogen-bond donors (Lipinski definition) is 7. The lowest BCUT2D eigenvalue weighted by atomic mass is 9.72. The van der Waals surface area contributed by atoms with Crippen molar-refractivity contribution < 1.29 is 56.5 Å². The van der Waals surface area contributed by atoms with Crippen LogP contribution in [-0.2, 0) is 33.3 Å². The van der Waals surface area contributed by atoms with Crippen LogP contribution in [0, 0.1) is 28.4 Å². The molecule has 21 nitrogen and oxygen atoms in total. The summed E-state index contributed by atoms with van der Waals surface area (Å²) >= 11 is 0. The highest BCUT2D eigenvalue weighted by Crippen LogP contribution is 2.62. The van der Waals surface area contributed by atoms with Gasteiger partial charge in [-0.2, -0.15) is 0 Å². The number of amides is 4. The van der Waals surface area contributed by atoms with Gasteiger partial charge in [0.15, 0.2) is 46.8 Å². The minimum Gasteiger partial charge on any atom is -0.469 e. The van der Waals surface area contributed by atoms with Crippen molar-refractivity contribution in [3.05, 3.63) is 165 Å². The number of aromatic nitrogens is 4. The van der Waals surface area contributed by atoms with Gasteiger partial charge in [0.05, 0.1) is 6.04 Å². The maximum Gasteiger partial charge on any atom is 0.270 e. The molecule has 4 aromatic heterocycles. The lowest BCUT2D eigenvalue weighted by Crippen LogP contribution is -2.46. The quantitative estimate of drug-likeness (QED) is 0.0883. The summed E-state index contributed by atoms with van der Waals surface area (Å²) < 4.78 is 67.5. The van der Waals surface area contributed by atoms with Gasteiger partial charge in [0.1, 0.15) is 58.6 Å². The van der Waals surface area contributed by atoms with Gasteiger partial charge in [-0.15, -0.1) is 0 Å². The lowest BCUT2D eigenvalue weighted by Gasteiger charge is -2.31. The van der Waals surface area contributed by atoms with Crippen molar-refractivity contribution in [2.45, 2.75) is 103 Å². The molecule has 0 unspecified atom stereocenters. The van der Waals surface area contributed by atoms with Crippen LogP contribution < -0.4 is 47.9 Å². The molecule has 0 aliphatic carbocycles. The molecule has 2 spiro atoms. The summed E-state index contributed by atoms with van der Waals surface area (Å²) in [5.74, 6) is -1.35. The highest BCUT2D eigenvalue weighted by Gasteiger charge is 2.63. The Morgan fingerprint density at radius 3 is 1.46 bits per heavy atom. The van der Waals surface area contributed by atoms with E-state index in [1.807, 2.05) is 78.8 Å². The number of hydrogen-bond acceptors (Lipinski definition) is 17. The number of fused-ring (bicyclic) bond motifs is 8. The molecule has 14 rings (SSSR count). The maximum atomic E-state index is 14.9. The van der Waals surface area contributed by atoms with Gasteiger partial charge in [0, 0.05) is 41.0 Å². The van der Waals surface area contributed by atoms with E-state index in [9.17, 15) is 28.0 Å². The largest absolute Gasteiger partial charge is 0.469 e. The summed E-state index contributed by atoms with van der Waals surface area (Å²) in [6.45, 7) is 13.6. The molecule has 6 aliphatic rings. The number of anilines is 2. The molecule has 6 aliphatic heterocycles. The van der Waals surface area contributed by atoms with Gasteiger partial charge in [-0.25, -0.2) is 28.7 Å². The normalized spacial score (nSPS) is 24.3. The molecule has 10 N–H and O–H groups in total. The van der Waals surface area contributed by atoms with Crippen LogP contribution in [0.15, 0.2) is 103 Å². The third kappa shape index (κ3) is 7.86. The molecule has 23 heteroatoms. The fraction of sp³-hybridized carbons (Fsp3) is 0.322. The third-order valence-corrected chi connectivity index (χ3v) is 16.1. The number of rotatable bonds is 4. The number of carbonyl (C=O) groups is 4. The van der Waals surface area contributed by atoms with E-state index in [-0.39, 0.29) is 83.4 Å². The number of primary amides is 2. The lowest BCUT2D eigenvalue weighted by molar-refractivity contribution is -0.126. The molecular formula is C59H57F2N11O10. The van der Waals surface area contributed by atoms with E-state index in [2.05, 4.69) is 31.2 Å². The predicted octanol–water partition coefficient (Wildman–Crippen LogP) is 7.82. The van der Waals surface area contributed by atoms with Crippen molar-refractivity contribution >= 4 is 35.0 Å². The fourth-order valence-electron chi connectivity index (χ4n) is 12.1. The second-order valence-corrected chi connectivity index (χ2v) is 23.7. The van der Waals surface area contributed by atoms with Crippen molar-refractivity contribution in [3.63, 3.8) is 0 Å². The summed E-state index contributed by atoms with van der Waals surface area (Å²) in [5, 5.41) is 12.9. The smallest absolute Gasteiger partial charge is 0.270 e. The summed E-state index contributed by atoms with van der Waals surface area (Å²) in [5.41, 5.74) is 19.4. The van der Waals surface area contributed by atoms with Crippen LogP contribution in [0.3, 0.4) is 0 Å². The SMILES string of the molecule is CC(C)(C)[C@@H]1NC(=O)[C@@H](N)Cc2ccc3c(c2)[C@@]2(c4cc(F)ccc4N[C@@H]2O3)c2oc1nc2-c1nc(C(N)=O)co1.C[C@H]1Cc2ccc3c(c2)[C@@]2(c4cc(F)ccc4N[C@@H]2O3)c2oc(nc2-c2nc(C(N)=O)co2)[C@H](C(C)(C)C)NC1=O.[HH]. The summed E-state index contributed by atoms with van der Waals surface area (Å²) in [6, 6.07) is 18.0. The summed E-state index contributed by atoms with van der Waals surface area (Å²) in [7, 11) is 0. The van der Waals surface area contributed by atoms with Crippen molar-refractivity contribution in [3.8, 4) is 34.7 Å². The molecule has 0 saturated heterocycles. The zero-order valence-corrected chi connectivity index (χ0v) is 45.3. The first-order chi connectivity index (χ1) is 38.9. The number of carbonyl (C=O) groups excluding carboxylic acids is 4. The molecule has 0 fully saturated rings. The highest BCUT2D eigenvalue weighted by molar-refractivity contribution is 5.92. The van der Waals surface area contributed by atoms with Crippen molar-refractivity contribution in [1.29, 1.82) is 0 Å². The first-order valence-electron chi connectivity index (χ1n) is 26.6. The molecule has 0 saturated carbocycles. The first-order valence-corrected chi connectivity index (χ1v) is 26.6. The van der Waals surface area contributed by atoms with Gasteiger partial charge < -0.3 is 65.6 Å². The van der Waals surface area contributed by atoms with E-state index in [1.54, 1.807) is 18.2 Å². The standard InChI is InChI=1S/C30H28FN5O5.C29H27FN6O5.H2/c1-13-9-14-5-8-20-17(10-14)30(16-11-15(31)6-7-18(16)34-28(30)40-20)23-21(26-33-19(12-39-26)24(32)37)35-27(41-23)22(29(2,3)4)36-25(13)38;1-28(2,3)21-26-35-20(25-33-18(11-39-25)23(32)37)22(41-26)29-14-10-13(30)5-6-17(14)34-27(29)40-19-7-4-12(8-15(19)29)9-16(31)24(38)36-21;/h5-8,10-13,22,28,34H,9H2,1-4H3,(H2,32,37)(H,36,38);4-8,10-11,16,21,27,34H,9,31H2,1-3H3,(H2,32,37)(H,36,38);1H/t13-,22+,28+,30-;16-,21+,27+,29-;/m00./s1. The van der Waals surface area contributed by atoms with Crippen molar-refractivity contribution in [1.82, 2.24) is 30.6 Å². The zero-order chi connectivity index (χ0) is 57.7. The van der Waals surface area contributed by atoms with Gasteiger partial charge in [-0.1, -0.05) is 72.7 Å². The number of nitrogens with two attached hydrogens (primary N) is 3. The molecule has 4 amide bonds. The van der Waals surface area contributed by atoms with Crippen LogP contribution in [-0.4, -0.2) is 62.1 Å². The van der Waals surface area contributed by atoms with Crippen LogP contribution in [0.2, 0.25) is 0 Å².